The topological polar surface area (TPSA) is 57.5 Å². The lowest BCUT2D eigenvalue weighted by Gasteiger charge is -2.27. The standard InChI is InChI=1S/C21H20ClN3O2S/c1-2-25-10-9-13-17(11-25)28-21-18(13)20(26)23-19(24-21)16-8-7-15(27-16)12-5-3-4-6-14(12)22/h3-8,19,24H,2,9-11H2,1H3,(H,23,26)/t19-/m0/s1. The van der Waals surface area contributed by atoms with E-state index in [0.29, 0.717) is 16.5 Å². The molecule has 0 bridgehead atoms. The zero-order valence-electron chi connectivity index (χ0n) is 15.4. The van der Waals surface area contributed by atoms with E-state index in [4.69, 9.17) is 16.0 Å². The van der Waals surface area contributed by atoms with Crippen LogP contribution in [0.25, 0.3) is 11.3 Å². The first-order valence-corrected chi connectivity index (χ1v) is 10.6. The molecule has 144 valence electrons. The molecule has 5 nitrogen and oxygen atoms in total. The third kappa shape index (κ3) is 2.92. The number of nitrogens with zero attached hydrogens (tertiary/aromatic N) is 1. The summed E-state index contributed by atoms with van der Waals surface area (Å²) in [6, 6.07) is 11.3. The molecule has 5 rings (SSSR count). The highest BCUT2D eigenvalue weighted by Crippen LogP contribution is 2.41. The maximum Gasteiger partial charge on any atom is 0.256 e. The van der Waals surface area contributed by atoms with E-state index in [2.05, 4.69) is 22.5 Å². The molecule has 0 radical (unpaired) electrons. The highest BCUT2D eigenvalue weighted by atomic mass is 35.5. The van der Waals surface area contributed by atoms with Gasteiger partial charge in [0, 0.05) is 23.5 Å². The van der Waals surface area contributed by atoms with Gasteiger partial charge in [-0.25, -0.2) is 0 Å². The van der Waals surface area contributed by atoms with Crippen molar-refractivity contribution in [2.45, 2.75) is 26.1 Å². The summed E-state index contributed by atoms with van der Waals surface area (Å²) in [5.41, 5.74) is 2.85. The van der Waals surface area contributed by atoms with Gasteiger partial charge in [-0.2, -0.15) is 0 Å². The number of nitrogens with one attached hydrogen (secondary N) is 2. The molecule has 1 aromatic carbocycles. The number of hydrogen-bond acceptors (Lipinski definition) is 5. The lowest BCUT2D eigenvalue weighted by Crippen LogP contribution is -2.38. The largest absolute Gasteiger partial charge is 0.457 e. The number of rotatable bonds is 3. The van der Waals surface area contributed by atoms with Crippen LogP contribution in [0.1, 0.15) is 39.6 Å². The van der Waals surface area contributed by atoms with Crippen LogP contribution < -0.4 is 10.6 Å². The molecular formula is C21H20ClN3O2S. The summed E-state index contributed by atoms with van der Waals surface area (Å²) >= 11 is 7.97. The van der Waals surface area contributed by atoms with Gasteiger partial charge in [0.05, 0.1) is 10.6 Å². The van der Waals surface area contributed by atoms with Crippen LogP contribution in [-0.4, -0.2) is 23.9 Å². The van der Waals surface area contributed by atoms with E-state index in [1.807, 2.05) is 36.4 Å². The Kier molecular flexibility index (Phi) is 4.42. The van der Waals surface area contributed by atoms with Crippen molar-refractivity contribution >= 4 is 33.8 Å². The molecule has 1 amide bonds. The Morgan fingerprint density at radius 3 is 2.93 bits per heavy atom. The number of carbonyl (C=O) groups excluding carboxylic acids is 1. The molecular weight excluding hydrogens is 394 g/mol. The summed E-state index contributed by atoms with van der Waals surface area (Å²) in [5.74, 6) is 1.32. The number of furan rings is 1. The summed E-state index contributed by atoms with van der Waals surface area (Å²) in [6.45, 7) is 5.12. The Hall–Kier alpha value is -2.28. The predicted molar refractivity (Wildman–Crippen MR) is 112 cm³/mol. The smallest absolute Gasteiger partial charge is 0.256 e. The monoisotopic (exact) mass is 413 g/mol. The Labute approximate surface area is 172 Å². The van der Waals surface area contributed by atoms with Crippen molar-refractivity contribution in [2.24, 2.45) is 0 Å². The Bertz CT molecular complexity index is 1060. The van der Waals surface area contributed by atoms with Gasteiger partial charge in [0.15, 0.2) is 6.17 Å². The second-order valence-corrected chi connectivity index (χ2v) is 8.57. The number of likely N-dealkylation sites (N-methyl/N-ethyl adjacent to an activating group) is 1. The van der Waals surface area contributed by atoms with Crippen molar-refractivity contribution in [1.29, 1.82) is 0 Å². The normalized spacial score (nSPS) is 18.9. The first kappa shape index (κ1) is 17.8. The molecule has 4 heterocycles. The number of amides is 1. The summed E-state index contributed by atoms with van der Waals surface area (Å²) < 4.78 is 6.02. The van der Waals surface area contributed by atoms with Crippen LogP contribution in [0.2, 0.25) is 5.02 Å². The number of carbonyl (C=O) groups is 1. The van der Waals surface area contributed by atoms with E-state index in [1.165, 1.54) is 10.4 Å². The third-order valence-electron chi connectivity index (χ3n) is 5.41. The van der Waals surface area contributed by atoms with E-state index < -0.39 is 6.17 Å². The molecule has 0 saturated carbocycles. The third-order valence-corrected chi connectivity index (χ3v) is 6.89. The van der Waals surface area contributed by atoms with Crippen molar-refractivity contribution in [1.82, 2.24) is 10.2 Å². The van der Waals surface area contributed by atoms with Crippen molar-refractivity contribution in [2.75, 3.05) is 18.4 Å². The zero-order valence-corrected chi connectivity index (χ0v) is 17.0. The number of thiophene rings is 1. The molecule has 0 aliphatic carbocycles. The fourth-order valence-corrected chi connectivity index (χ4v) is 5.44. The minimum absolute atomic E-state index is 0.0307. The van der Waals surface area contributed by atoms with Gasteiger partial charge in [-0.1, -0.05) is 30.7 Å². The Morgan fingerprint density at radius 1 is 1.25 bits per heavy atom. The molecule has 3 aromatic rings. The van der Waals surface area contributed by atoms with Gasteiger partial charge >= 0.3 is 0 Å². The molecule has 7 heteroatoms. The van der Waals surface area contributed by atoms with Gasteiger partial charge in [0.1, 0.15) is 16.5 Å². The van der Waals surface area contributed by atoms with Crippen molar-refractivity contribution < 1.29 is 9.21 Å². The van der Waals surface area contributed by atoms with Crippen LogP contribution in [0.4, 0.5) is 5.00 Å². The molecule has 0 fully saturated rings. The van der Waals surface area contributed by atoms with Crippen LogP contribution in [0, 0.1) is 0 Å². The van der Waals surface area contributed by atoms with Gasteiger partial charge in [-0.15, -0.1) is 11.3 Å². The number of fused-ring (bicyclic) bond motifs is 3. The van der Waals surface area contributed by atoms with E-state index in [-0.39, 0.29) is 5.91 Å². The van der Waals surface area contributed by atoms with Crippen molar-refractivity contribution in [3.63, 3.8) is 0 Å². The molecule has 2 aromatic heterocycles. The Balaban J connectivity index is 1.44. The van der Waals surface area contributed by atoms with Gasteiger partial charge in [-0.3, -0.25) is 9.69 Å². The number of hydrogen-bond donors (Lipinski definition) is 2. The fraction of sp³-hybridized carbons (Fsp3) is 0.286. The van der Waals surface area contributed by atoms with Gasteiger partial charge in [0.2, 0.25) is 0 Å². The molecule has 0 unspecified atom stereocenters. The first-order valence-electron chi connectivity index (χ1n) is 9.43. The summed E-state index contributed by atoms with van der Waals surface area (Å²) in [6.07, 6.45) is 0.533. The number of anilines is 1. The summed E-state index contributed by atoms with van der Waals surface area (Å²) in [5, 5.41) is 8.07. The lowest BCUT2D eigenvalue weighted by molar-refractivity contribution is 0.0930. The number of halogens is 1. The average molecular weight is 414 g/mol. The van der Waals surface area contributed by atoms with Crippen LogP contribution in [0.3, 0.4) is 0 Å². The first-order chi connectivity index (χ1) is 13.6. The SMILES string of the molecule is CCN1CCc2c(sc3c2C(=O)N[C@H](c2ccc(-c4ccccc4Cl)o2)N3)C1. The zero-order chi connectivity index (χ0) is 19.3. The fourth-order valence-electron chi connectivity index (χ4n) is 3.89. The Morgan fingerprint density at radius 2 is 2.11 bits per heavy atom. The molecule has 2 N–H and O–H groups in total. The van der Waals surface area contributed by atoms with Crippen LogP contribution in [0.15, 0.2) is 40.8 Å². The predicted octanol–water partition coefficient (Wildman–Crippen LogP) is 4.89. The average Bonchev–Trinajstić information content (AvgIpc) is 3.32. The van der Waals surface area contributed by atoms with E-state index in [1.54, 1.807) is 11.3 Å². The highest BCUT2D eigenvalue weighted by molar-refractivity contribution is 7.16. The number of benzene rings is 1. The van der Waals surface area contributed by atoms with Crippen molar-refractivity contribution in [3.8, 4) is 11.3 Å². The van der Waals surface area contributed by atoms with Gasteiger partial charge < -0.3 is 15.1 Å². The molecule has 28 heavy (non-hydrogen) atoms. The minimum atomic E-state index is -0.390. The molecule has 1 atom stereocenters. The maximum absolute atomic E-state index is 12.9. The van der Waals surface area contributed by atoms with Crippen LogP contribution in [0.5, 0.6) is 0 Å². The van der Waals surface area contributed by atoms with Gasteiger partial charge in [-0.05, 0) is 42.8 Å². The van der Waals surface area contributed by atoms with E-state index >= 15 is 0 Å². The van der Waals surface area contributed by atoms with E-state index in [0.717, 1.165) is 42.2 Å². The summed E-state index contributed by atoms with van der Waals surface area (Å²) in [4.78, 5) is 16.6. The summed E-state index contributed by atoms with van der Waals surface area (Å²) in [7, 11) is 0. The van der Waals surface area contributed by atoms with Gasteiger partial charge in [0.25, 0.3) is 5.91 Å². The van der Waals surface area contributed by atoms with Crippen molar-refractivity contribution in [3.05, 3.63) is 63.2 Å². The molecule has 0 spiro atoms. The second-order valence-electron chi connectivity index (χ2n) is 7.06. The maximum atomic E-state index is 12.9. The molecule has 0 saturated heterocycles. The molecule has 2 aliphatic heterocycles. The van der Waals surface area contributed by atoms with Crippen LogP contribution >= 0.6 is 22.9 Å². The lowest BCUT2D eigenvalue weighted by atomic mass is 10.0. The second kappa shape index (κ2) is 6.95. The van der Waals surface area contributed by atoms with E-state index in [9.17, 15) is 4.79 Å². The van der Waals surface area contributed by atoms with Crippen LogP contribution in [-0.2, 0) is 13.0 Å². The highest BCUT2D eigenvalue weighted by Gasteiger charge is 2.34. The quantitative estimate of drug-likeness (QED) is 0.641. The molecule has 2 aliphatic rings. The minimum Gasteiger partial charge on any atom is -0.457 e.